The molecule has 0 amide bonds. The van der Waals surface area contributed by atoms with Crippen LogP contribution in [0.15, 0.2) is 29.2 Å². The zero-order valence-corrected chi connectivity index (χ0v) is 12.6. The highest BCUT2D eigenvalue weighted by atomic mass is 35.7. The molecule has 0 unspecified atom stereocenters. The monoisotopic (exact) mass is 312 g/mol. The molecule has 0 aliphatic carbocycles. The van der Waals surface area contributed by atoms with Crippen molar-refractivity contribution in [2.24, 2.45) is 0 Å². The molecule has 0 atom stereocenters. The summed E-state index contributed by atoms with van der Waals surface area (Å²) in [4.78, 5) is -0.0522. The van der Waals surface area contributed by atoms with Gasteiger partial charge in [-0.1, -0.05) is 17.7 Å². The van der Waals surface area contributed by atoms with E-state index < -0.39 is 27.0 Å². The second kappa shape index (κ2) is 4.89. The molecule has 6 nitrogen and oxygen atoms in total. The molecule has 1 aromatic carbocycles. The lowest BCUT2D eigenvalue weighted by molar-refractivity contribution is -1.91. The third kappa shape index (κ3) is 3.51. The highest BCUT2D eigenvalue weighted by molar-refractivity contribution is 8.21. The molecule has 0 radical (unpaired) electrons. The van der Waals surface area contributed by atoms with Gasteiger partial charge >= 0.3 is 7.47 Å². The Bertz CT molecular complexity index is 519. The molecule has 9 heteroatoms. The van der Waals surface area contributed by atoms with E-state index in [1.807, 2.05) is 0 Å². The first-order valence-electron chi connectivity index (χ1n) is 4.88. The molecule has 0 aliphatic heterocycles. The third-order valence-corrected chi connectivity index (χ3v) is 11.8. The number of rotatable bonds is 4. The summed E-state index contributed by atoms with van der Waals surface area (Å²) in [6.07, 6.45) is 0. The fraction of sp³-hybridized carbons (Fsp3) is 0.333. The van der Waals surface area contributed by atoms with Gasteiger partial charge in [-0.25, -0.2) is 8.42 Å². The van der Waals surface area contributed by atoms with E-state index in [4.69, 9.17) is 0 Å². The van der Waals surface area contributed by atoms with E-state index in [1.54, 1.807) is 19.1 Å². The largest absolute Gasteiger partial charge is 0.528 e. The minimum atomic E-state index is -4.77. The van der Waals surface area contributed by atoms with Gasteiger partial charge in [0.15, 0.2) is 9.29 Å². The quantitative estimate of drug-likeness (QED) is 0.618. The minimum Gasteiger partial charge on any atom is -0.227 e. The van der Waals surface area contributed by atoms with Crippen LogP contribution in [-0.2, 0) is 13.3 Å². The molecule has 0 N–H and O–H groups in total. The average molecular weight is 313 g/mol. The number of benzene rings is 1. The smallest absolute Gasteiger partial charge is 0.227 e. The highest BCUT2D eigenvalue weighted by Gasteiger charge is 2.55. The van der Waals surface area contributed by atoms with Crippen LogP contribution < -0.4 is 14.0 Å². The van der Waals surface area contributed by atoms with Crippen molar-refractivity contribution in [1.82, 2.24) is 0 Å². The van der Waals surface area contributed by atoms with Crippen LogP contribution in [0.25, 0.3) is 0 Å². The van der Waals surface area contributed by atoms with E-state index in [2.05, 4.69) is 3.98 Å². The summed E-state index contributed by atoms with van der Waals surface area (Å²) < 4.78 is 60.2. The van der Waals surface area contributed by atoms with Crippen LogP contribution in [0.4, 0.5) is 0 Å². The van der Waals surface area contributed by atoms with Crippen molar-refractivity contribution in [2.45, 2.75) is 24.9 Å². The summed E-state index contributed by atoms with van der Waals surface area (Å²) in [7, 11) is -12.5. The molecule has 0 saturated carbocycles. The maximum atomic E-state index is 12.2. The van der Waals surface area contributed by atoms with Crippen LogP contribution in [0.1, 0.15) is 5.56 Å². The molecule has 0 heterocycles. The fourth-order valence-corrected chi connectivity index (χ4v) is 8.04. The molecule has 0 aromatic heterocycles. The molecule has 102 valence electrons. The summed E-state index contributed by atoms with van der Waals surface area (Å²) in [5.74, 6) is 0. The predicted molar refractivity (Wildman–Crippen MR) is 56.9 cm³/mol. The van der Waals surface area contributed by atoms with Crippen LogP contribution in [0, 0.1) is 17.2 Å². The summed E-state index contributed by atoms with van der Waals surface area (Å²) in [6.45, 7) is 4.07. The van der Waals surface area contributed by atoms with Crippen molar-refractivity contribution in [2.75, 3.05) is 0 Å². The lowest BCUT2D eigenvalue weighted by Crippen LogP contribution is -2.66. The molecule has 0 saturated heterocycles. The van der Waals surface area contributed by atoms with Crippen LogP contribution in [0.5, 0.6) is 0 Å². The van der Waals surface area contributed by atoms with Crippen molar-refractivity contribution in [3.63, 3.8) is 0 Å². The molecule has 1 rings (SSSR count). The van der Waals surface area contributed by atoms with E-state index in [0.717, 1.165) is 18.7 Å². The summed E-state index contributed by atoms with van der Waals surface area (Å²) in [6, 6.07) is 5.88. The fourth-order valence-electron chi connectivity index (χ4n) is 1.27. The number of halogens is 1. The third-order valence-electron chi connectivity index (χ3n) is 2.26. The number of hydrogen-bond donors (Lipinski definition) is 0. The first-order chi connectivity index (χ1) is 7.96. The lowest BCUT2D eigenvalue weighted by atomic mass is 10.2. The van der Waals surface area contributed by atoms with Crippen molar-refractivity contribution < 1.29 is 36.6 Å². The van der Waals surface area contributed by atoms with Crippen molar-refractivity contribution >= 4 is 16.8 Å². The van der Waals surface area contributed by atoms with E-state index >= 15 is 0 Å². The molecular formula is C9H13ClO6SSi. The average Bonchev–Trinajstić information content (AvgIpc) is 2.14. The van der Waals surface area contributed by atoms with E-state index in [9.17, 15) is 22.4 Å². The highest BCUT2D eigenvalue weighted by Crippen LogP contribution is 2.25. The Hall–Kier alpha value is -0.483. The lowest BCUT2D eigenvalue weighted by Gasteiger charge is -2.21. The molecular weight excluding hydrogens is 300 g/mol. The maximum Gasteiger partial charge on any atom is 0.528 e. The predicted octanol–water partition coefficient (Wildman–Crippen LogP) is -1.62. The Kier molecular flexibility index (Phi) is 4.23. The molecule has 1 aromatic rings. The summed E-state index contributed by atoms with van der Waals surface area (Å²) >= 11 is 0. The first-order valence-corrected chi connectivity index (χ1v) is 11.2. The van der Waals surface area contributed by atoms with Crippen LogP contribution in [-0.4, -0.2) is 15.9 Å². The second-order valence-corrected chi connectivity index (χ2v) is 14.4. The minimum absolute atomic E-state index is 0.0522. The Morgan fingerprint density at radius 1 is 1.11 bits per heavy atom. The SMILES string of the molecule is Cc1ccc(S(=O)(=O)[Si](C)(C)O[Cl+3]([O-])([O-])[O-])cc1. The second-order valence-electron chi connectivity index (χ2n) is 4.17. The van der Waals surface area contributed by atoms with E-state index in [-0.39, 0.29) is 4.90 Å². The van der Waals surface area contributed by atoms with Gasteiger partial charge in [0.25, 0.3) is 0 Å². The van der Waals surface area contributed by atoms with Gasteiger partial charge in [-0.05, 0) is 32.2 Å². The Morgan fingerprint density at radius 2 is 1.56 bits per heavy atom. The Balaban J connectivity index is 3.17. The normalized spacial score (nSPS) is 13.7. The van der Waals surface area contributed by atoms with Gasteiger partial charge in [-0.3, -0.25) is 0 Å². The topological polar surface area (TPSA) is 113 Å². The molecule has 0 aliphatic rings. The maximum absolute atomic E-state index is 12.2. The van der Waals surface area contributed by atoms with Gasteiger partial charge in [0.2, 0.25) is 0 Å². The van der Waals surface area contributed by atoms with Gasteiger partial charge in [0.1, 0.15) is 0 Å². The van der Waals surface area contributed by atoms with Gasteiger partial charge in [-0.2, -0.15) is 14.0 Å². The van der Waals surface area contributed by atoms with Gasteiger partial charge in [0.05, 0.1) is 15.1 Å². The van der Waals surface area contributed by atoms with Gasteiger partial charge < -0.3 is 0 Å². The number of hydrogen-bond acceptors (Lipinski definition) is 6. The van der Waals surface area contributed by atoms with E-state index in [1.165, 1.54) is 12.1 Å². The van der Waals surface area contributed by atoms with Gasteiger partial charge in [-0.15, -0.1) is 0 Å². The Labute approximate surface area is 108 Å². The standard InChI is InChI=1S/C9H13ClO6SSi/c1-8-4-6-9(7-5-8)17(14,15)18(2,3)16-10(11,12)13/h4-7H,1-3H3. The van der Waals surface area contributed by atoms with Crippen molar-refractivity contribution in [3.05, 3.63) is 29.8 Å². The van der Waals surface area contributed by atoms with Crippen LogP contribution in [0.3, 0.4) is 0 Å². The summed E-state index contributed by atoms with van der Waals surface area (Å²) in [5.41, 5.74) is 0.865. The number of aryl methyl sites for hydroxylation is 1. The zero-order valence-electron chi connectivity index (χ0n) is 10.0. The van der Waals surface area contributed by atoms with Crippen molar-refractivity contribution in [1.29, 1.82) is 0 Å². The molecule has 18 heavy (non-hydrogen) atoms. The molecule has 0 fully saturated rings. The zero-order chi connectivity index (χ0) is 14.2. The van der Waals surface area contributed by atoms with Crippen LogP contribution in [0.2, 0.25) is 13.1 Å². The van der Waals surface area contributed by atoms with Crippen molar-refractivity contribution in [3.8, 4) is 0 Å². The first kappa shape index (κ1) is 15.6. The van der Waals surface area contributed by atoms with E-state index in [0.29, 0.717) is 0 Å². The summed E-state index contributed by atoms with van der Waals surface area (Å²) in [5, 5.41) is 0. The van der Waals surface area contributed by atoms with Crippen LogP contribution >= 0.6 is 0 Å². The van der Waals surface area contributed by atoms with Gasteiger partial charge in [0, 0.05) is 3.98 Å². The Morgan fingerprint density at radius 3 is 1.94 bits per heavy atom. The molecule has 0 bridgehead atoms. The molecule has 0 spiro atoms.